The summed E-state index contributed by atoms with van der Waals surface area (Å²) < 4.78 is 40.9. The zero-order valence-corrected chi connectivity index (χ0v) is 18.8. The van der Waals surface area contributed by atoms with E-state index in [1.54, 1.807) is 61.2 Å². The Bertz CT molecular complexity index is 1360. The predicted octanol–water partition coefficient (Wildman–Crippen LogP) is 5.80. The summed E-state index contributed by atoms with van der Waals surface area (Å²) in [4.78, 5) is 30.2. The van der Waals surface area contributed by atoms with Crippen molar-refractivity contribution in [2.75, 3.05) is 4.90 Å². The number of amides is 2. The Morgan fingerprint density at radius 1 is 1.06 bits per heavy atom. The fraction of sp³-hybridized carbons (Fsp3) is 0.200. The van der Waals surface area contributed by atoms with Crippen LogP contribution in [0.2, 0.25) is 0 Å². The SMILES string of the molecule is CC1(C)C(=O)N(Cc2ccc(N=[N+]=[N-])cc2)c2cc(C(=O)NCc3c(F)cc(F)cc3F)ccc21. The summed E-state index contributed by atoms with van der Waals surface area (Å²) in [5, 5.41) is 5.97. The highest BCUT2D eigenvalue weighted by Gasteiger charge is 2.44. The molecule has 0 unspecified atom stereocenters. The number of hydrogen-bond donors (Lipinski definition) is 1. The first-order valence-corrected chi connectivity index (χ1v) is 10.6. The predicted molar refractivity (Wildman–Crippen MR) is 123 cm³/mol. The van der Waals surface area contributed by atoms with Crippen LogP contribution >= 0.6 is 0 Å². The number of hydrogen-bond acceptors (Lipinski definition) is 3. The van der Waals surface area contributed by atoms with Gasteiger partial charge < -0.3 is 10.2 Å². The van der Waals surface area contributed by atoms with E-state index in [0.717, 1.165) is 11.1 Å². The molecule has 3 aromatic carbocycles. The first kappa shape index (κ1) is 23.8. The standard InChI is InChI=1S/C25H20F3N5O2/c1-25(2)19-8-5-15(23(34)30-12-18-20(27)10-16(26)11-21(18)28)9-22(19)33(24(25)35)13-14-3-6-17(7-4-14)31-32-29/h3-11H,12-13H2,1-2H3,(H,30,34). The zero-order valence-electron chi connectivity index (χ0n) is 18.8. The maximum absolute atomic E-state index is 13.9. The molecule has 0 spiro atoms. The van der Waals surface area contributed by atoms with Gasteiger partial charge in [-0.15, -0.1) is 0 Å². The third-order valence-electron chi connectivity index (χ3n) is 5.97. The van der Waals surface area contributed by atoms with Gasteiger partial charge in [-0.2, -0.15) is 0 Å². The number of nitrogens with one attached hydrogen (secondary N) is 1. The second kappa shape index (κ2) is 9.15. The number of azide groups is 1. The second-order valence-corrected chi connectivity index (χ2v) is 8.63. The lowest BCUT2D eigenvalue weighted by molar-refractivity contribution is -0.122. The normalized spacial score (nSPS) is 13.9. The largest absolute Gasteiger partial charge is 0.348 e. The Hall–Kier alpha value is -4.30. The molecule has 178 valence electrons. The Morgan fingerprint density at radius 3 is 2.34 bits per heavy atom. The lowest BCUT2D eigenvalue weighted by Gasteiger charge is -2.20. The molecule has 10 heteroatoms. The van der Waals surface area contributed by atoms with Gasteiger partial charge in [-0.25, -0.2) is 13.2 Å². The van der Waals surface area contributed by atoms with E-state index < -0.39 is 40.9 Å². The van der Waals surface area contributed by atoms with Crippen LogP contribution in [0.4, 0.5) is 24.5 Å². The number of benzene rings is 3. The molecule has 1 heterocycles. The maximum Gasteiger partial charge on any atom is 0.251 e. The lowest BCUT2D eigenvalue weighted by Crippen LogP contribution is -2.35. The van der Waals surface area contributed by atoms with Gasteiger partial charge >= 0.3 is 0 Å². The minimum Gasteiger partial charge on any atom is -0.348 e. The molecule has 3 aromatic rings. The molecular formula is C25H20F3N5O2. The first-order chi connectivity index (χ1) is 16.6. The number of anilines is 1. The van der Waals surface area contributed by atoms with Crippen LogP contribution in [-0.2, 0) is 23.3 Å². The quantitative estimate of drug-likeness (QED) is 0.275. The van der Waals surface area contributed by atoms with Crippen molar-refractivity contribution in [3.05, 3.63) is 105 Å². The van der Waals surface area contributed by atoms with Crippen LogP contribution in [0.3, 0.4) is 0 Å². The molecule has 35 heavy (non-hydrogen) atoms. The van der Waals surface area contributed by atoms with Gasteiger partial charge in [0.1, 0.15) is 17.5 Å². The molecule has 0 fully saturated rings. The first-order valence-electron chi connectivity index (χ1n) is 10.6. The summed E-state index contributed by atoms with van der Waals surface area (Å²) in [6.45, 7) is 3.33. The van der Waals surface area contributed by atoms with Gasteiger partial charge in [-0.3, -0.25) is 9.59 Å². The van der Waals surface area contributed by atoms with Crippen LogP contribution in [0, 0.1) is 17.5 Å². The monoisotopic (exact) mass is 479 g/mol. The van der Waals surface area contributed by atoms with Crippen molar-refractivity contribution in [1.29, 1.82) is 0 Å². The van der Waals surface area contributed by atoms with E-state index in [2.05, 4.69) is 15.3 Å². The van der Waals surface area contributed by atoms with Crippen LogP contribution in [0.25, 0.3) is 10.4 Å². The number of rotatable bonds is 6. The lowest BCUT2D eigenvalue weighted by atomic mass is 9.86. The van der Waals surface area contributed by atoms with Gasteiger partial charge in [-0.05, 0) is 42.6 Å². The highest BCUT2D eigenvalue weighted by molar-refractivity contribution is 6.08. The molecule has 0 aromatic heterocycles. The summed E-state index contributed by atoms with van der Waals surface area (Å²) >= 11 is 0. The van der Waals surface area contributed by atoms with Gasteiger partial charge in [0.15, 0.2) is 0 Å². The van der Waals surface area contributed by atoms with Gasteiger partial charge in [0.2, 0.25) is 5.91 Å². The number of nitrogens with zero attached hydrogens (tertiary/aromatic N) is 4. The molecule has 0 saturated carbocycles. The number of fused-ring (bicyclic) bond motifs is 1. The summed E-state index contributed by atoms with van der Waals surface area (Å²) in [5.74, 6) is -4.00. The van der Waals surface area contributed by atoms with E-state index in [-0.39, 0.29) is 18.0 Å². The van der Waals surface area contributed by atoms with Crippen LogP contribution in [0.15, 0.2) is 59.7 Å². The smallest absolute Gasteiger partial charge is 0.251 e. The highest BCUT2D eigenvalue weighted by Crippen LogP contribution is 2.42. The van der Waals surface area contributed by atoms with E-state index in [1.807, 2.05) is 0 Å². The highest BCUT2D eigenvalue weighted by atomic mass is 19.1. The Morgan fingerprint density at radius 2 is 1.71 bits per heavy atom. The van der Waals surface area contributed by atoms with E-state index >= 15 is 0 Å². The molecule has 0 atom stereocenters. The van der Waals surface area contributed by atoms with E-state index in [9.17, 15) is 22.8 Å². The van der Waals surface area contributed by atoms with Gasteiger partial charge in [0.25, 0.3) is 5.91 Å². The maximum atomic E-state index is 13.9. The molecular weight excluding hydrogens is 459 g/mol. The van der Waals surface area contributed by atoms with Crippen molar-refractivity contribution in [3.8, 4) is 0 Å². The fourth-order valence-corrected chi connectivity index (χ4v) is 4.06. The molecule has 0 radical (unpaired) electrons. The number of carbonyl (C=O) groups is 2. The molecule has 0 bridgehead atoms. The molecule has 0 aliphatic carbocycles. The van der Waals surface area contributed by atoms with Crippen molar-refractivity contribution in [1.82, 2.24) is 5.32 Å². The minimum atomic E-state index is -1.10. The van der Waals surface area contributed by atoms with E-state index in [0.29, 0.717) is 23.5 Å². The summed E-state index contributed by atoms with van der Waals surface area (Å²) in [6, 6.07) is 12.6. The van der Waals surface area contributed by atoms with Gasteiger partial charge in [0.05, 0.1) is 12.0 Å². The third-order valence-corrected chi connectivity index (χ3v) is 5.97. The third kappa shape index (κ3) is 4.56. The van der Waals surface area contributed by atoms with Crippen molar-refractivity contribution >= 4 is 23.2 Å². The molecule has 1 aliphatic heterocycles. The topological polar surface area (TPSA) is 98.2 Å². The Balaban J connectivity index is 1.59. The van der Waals surface area contributed by atoms with Crippen LogP contribution in [-0.4, -0.2) is 11.8 Å². The number of halogens is 3. The van der Waals surface area contributed by atoms with Crippen LogP contribution in [0.1, 0.15) is 40.9 Å². The van der Waals surface area contributed by atoms with Crippen molar-refractivity contribution in [2.45, 2.75) is 32.4 Å². The summed E-state index contributed by atoms with van der Waals surface area (Å²) in [7, 11) is 0. The molecule has 7 nitrogen and oxygen atoms in total. The van der Waals surface area contributed by atoms with Crippen molar-refractivity contribution in [3.63, 3.8) is 0 Å². The van der Waals surface area contributed by atoms with Crippen LogP contribution in [0.5, 0.6) is 0 Å². The Labute approximate surface area is 198 Å². The van der Waals surface area contributed by atoms with Crippen LogP contribution < -0.4 is 10.2 Å². The summed E-state index contributed by atoms with van der Waals surface area (Å²) in [5.41, 5.74) is 9.98. The zero-order chi connectivity index (χ0) is 25.3. The second-order valence-electron chi connectivity index (χ2n) is 8.63. The summed E-state index contributed by atoms with van der Waals surface area (Å²) in [6.07, 6.45) is 0. The molecule has 0 saturated heterocycles. The molecule has 2 amide bonds. The minimum absolute atomic E-state index is 0.153. The van der Waals surface area contributed by atoms with Gasteiger partial charge in [0, 0.05) is 46.1 Å². The molecule has 1 N–H and O–H groups in total. The van der Waals surface area contributed by atoms with E-state index in [4.69, 9.17) is 5.53 Å². The average Bonchev–Trinajstić information content (AvgIpc) is 2.99. The van der Waals surface area contributed by atoms with Crippen molar-refractivity contribution in [2.24, 2.45) is 5.11 Å². The average molecular weight is 479 g/mol. The van der Waals surface area contributed by atoms with Crippen molar-refractivity contribution < 1.29 is 22.8 Å². The van der Waals surface area contributed by atoms with Gasteiger partial charge in [-0.1, -0.05) is 35.4 Å². The molecule has 1 aliphatic rings. The van der Waals surface area contributed by atoms with E-state index in [1.165, 1.54) is 0 Å². The number of carbonyl (C=O) groups excluding carboxylic acids is 2. The Kier molecular flexibility index (Phi) is 6.24. The fourth-order valence-electron chi connectivity index (χ4n) is 4.06. The molecule has 4 rings (SSSR count).